The standard InChI is InChI=1S/C14H19NO2/c1-5-14(3,4)13(16)17-15-11(2)12-9-7-6-8-10-12/h6-10H,5H2,1-4H3/b15-11-. The van der Waals surface area contributed by atoms with Crippen LogP contribution in [0.15, 0.2) is 35.5 Å². The Hall–Kier alpha value is -1.64. The normalized spacial score (nSPS) is 12.4. The van der Waals surface area contributed by atoms with Crippen LogP contribution in [-0.2, 0) is 9.63 Å². The van der Waals surface area contributed by atoms with Gasteiger partial charge in [-0.25, -0.2) is 4.79 Å². The van der Waals surface area contributed by atoms with Crippen LogP contribution >= 0.6 is 0 Å². The maximum Gasteiger partial charge on any atom is 0.340 e. The van der Waals surface area contributed by atoms with Gasteiger partial charge in [0, 0.05) is 0 Å². The molecule has 0 aliphatic heterocycles. The SMILES string of the molecule is CCC(C)(C)C(=O)O/N=C(/C)c1ccccc1. The average Bonchev–Trinajstić information content (AvgIpc) is 2.36. The number of carbonyl (C=O) groups excluding carboxylic acids is 1. The Balaban J connectivity index is 2.70. The van der Waals surface area contributed by atoms with Gasteiger partial charge in [0.25, 0.3) is 0 Å². The van der Waals surface area contributed by atoms with Crippen LogP contribution in [0.3, 0.4) is 0 Å². The Bertz CT molecular complexity index is 407. The summed E-state index contributed by atoms with van der Waals surface area (Å²) in [6.07, 6.45) is 0.728. The molecule has 0 aromatic heterocycles. The van der Waals surface area contributed by atoms with E-state index < -0.39 is 5.41 Å². The molecule has 0 bridgehead atoms. The van der Waals surface area contributed by atoms with Gasteiger partial charge >= 0.3 is 5.97 Å². The number of rotatable bonds is 4. The minimum absolute atomic E-state index is 0.296. The van der Waals surface area contributed by atoms with E-state index in [-0.39, 0.29) is 5.97 Å². The van der Waals surface area contributed by atoms with Gasteiger partial charge in [0.1, 0.15) is 0 Å². The molecule has 0 aliphatic rings. The molecule has 0 radical (unpaired) electrons. The lowest BCUT2D eigenvalue weighted by Crippen LogP contribution is -2.24. The van der Waals surface area contributed by atoms with Crippen molar-refractivity contribution in [1.82, 2.24) is 0 Å². The number of carbonyl (C=O) groups is 1. The number of hydrogen-bond acceptors (Lipinski definition) is 3. The van der Waals surface area contributed by atoms with E-state index in [0.717, 1.165) is 12.0 Å². The molecule has 1 aromatic rings. The molecular formula is C14H19NO2. The van der Waals surface area contributed by atoms with Gasteiger partial charge in [-0.05, 0) is 32.8 Å². The summed E-state index contributed by atoms with van der Waals surface area (Å²) in [7, 11) is 0. The van der Waals surface area contributed by atoms with E-state index in [4.69, 9.17) is 4.84 Å². The van der Waals surface area contributed by atoms with Gasteiger partial charge < -0.3 is 4.84 Å². The summed E-state index contributed by atoms with van der Waals surface area (Å²) in [5.41, 5.74) is 1.17. The van der Waals surface area contributed by atoms with Gasteiger partial charge in [-0.2, -0.15) is 0 Å². The van der Waals surface area contributed by atoms with Gasteiger partial charge in [-0.1, -0.05) is 42.4 Å². The maximum absolute atomic E-state index is 11.7. The monoisotopic (exact) mass is 233 g/mol. The van der Waals surface area contributed by atoms with E-state index in [1.807, 2.05) is 58.0 Å². The molecule has 0 spiro atoms. The first-order valence-corrected chi connectivity index (χ1v) is 5.79. The van der Waals surface area contributed by atoms with E-state index in [1.54, 1.807) is 0 Å². The van der Waals surface area contributed by atoms with Crippen molar-refractivity contribution >= 4 is 11.7 Å². The third-order valence-electron chi connectivity index (χ3n) is 2.89. The van der Waals surface area contributed by atoms with E-state index in [0.29, 0.717) is 5.71 Å². The first-order chi connectivity index (χ1) is 7.97. The lowest BCUT2D eigenvalue weighted by atomic mass is 9.91. The van der Waals surface area contributed by atoms with E-state index in [2.05, 4.69) is 5.16 Å². The molecule has 0 fully saturated rings. The van der Waals surface area contributed by atoms with Gasteiger partial charge in [0.2, 0.25) is 0 Å². The molecule has 17 heavy (non-hydrogen) atoms. The third-order valence-corrected chi connectivity index (χ3v) is 2.89. The molecule has 1 aromatic carbocycles. The van der Waals surface area contributed by atoms with Crippen molar-refractivity contribution < 1.29 is 9.63 Å². The molecule has 0 unspecified atom stereocenters. The second-order valence-corrected chi connectivity index (χ2v) is 4.66. The van der Waals surface area contributed by atoms with E-state index >= 15 is 0 Å². The zero-order valence-electron chi connectivity index (χ0n) is 10.9. The molecule has 0 aliphatic carbocycles. The average molecular weight is 233 g/mol. The topological polar surface area (TPSA) is 38.7 Å². The quantitative estimate of drug-likeness (QED) is 0.454. The van der Waals surface area contributed by atoms with Crippen molar-refractivity contribution in [1.29, 1.82) is 0 Å². The summed E-state index contributed by atoms with van der Waals surface area (Å²) in [6, 6.07) is 9.64. The van der Waals surface area contributed by atoms with Crippen LogP contribution in [0.5, 0.6) is 0 Å². The van der Waals surface area contributed by atoms with Gasteiger partial charge in [0.15, 0.2) is 0 Å². The Morgan fingerprint density at radius 2 is 1.88 bits per heavy atom. The molecule has 0 saturated carbocycles. The molecule has 0 amide bonds. The first kappa shape index (κ1) is 13.4. The smallest absolute Gasteiger partial charge is 0.317 e. The minimum Gasteiger partial charge on any atom is -0.317 e. The van der Waals surface area contributed by atoms with Crippen LogP contribution in [0.25, 0.3) is 0 Å². The molecular weight excluding hydrogens is 214 g/mol. The van der Waals surface area contributed by atoms with E-state index in [9.17, 15) is 4.79 Å². The fourth-order valence-corrected chi connectivity index (χ4v) is 1.11. The molecule has 0 atom stereocenters. The third kappa shape index (κ3) is 3.70. The molecule has 0 N–H and O–H groups in total. The van der Waals surface area contributed by atoms with Crippen molar-refractivity contribution in [2.24, 2.45) is 10.6 Å². The second kappa shape index (κ2) is 5.62. The van der Waals surface area contributed by atoms with Crippen LogP contribution in [0.4, 0.5) is 0 Å². The van der Waals surface area contributed by atoms with Crippen molar-refractivity contribution in [2.45, 2.75) is 34.1 Å². The highest BCUT2D eigenvalue weighted by atomic mass is 16.7. The van der Waals surface area contributed by atoms with Crippen LogP contribution in [0.2, 0.25) is 0 Å². The maximum atomic E-state index is 11.7. The van der Waals surface area contributed by atoms with Gasteiger partial charge in [0.05, 0.1) is 11.1 Å². The Morgan fingerprint density at radius 1 is 1.29 bits per heavy atom. The Labute approximate surface area is 102 Å². The van der Waals surface area contributed by atoms with Crippen LogP contribution in [0, 0.1) is 5.41 Å². The summed E-state index contributed by atoms with van der Waals surface area (Å²) >= 11 is 0. The second-order valence-electron chi connectivity index (χ2n) is 4.66. The van der Waals surface area contributed by atoms with Crippen molar-refractivity contribution in [3.63, 3.8) is 0 Å². The molecule has 0 heterocycles. The number of nitrogens with zero attached hydrogens (tertiary/aromatic N) is 1. The van der Waals surface area contributed by atoms with Crippen molar-refractivity contribution in [3.8, 4) is 0 Å². The molecule has 1 rings (SSSR count). The first-order valence-electron chi connectivity index (χ1n) is 5.79. The van der Waals surface area contributed by atoms with Gasteiger partial charge in [-0.15, -0.1) is 0 Å². The number of benzene rings is 1. The zero-order valence-corrected chi connectivity index (χ0v) is 10.9. The predicted molar refractivity (Wildman–Crippen MR) is 68.8 cm³/mol. The number of hydrogen-bond donors (Lipinski definition) is 0. The number of oxime groups is 1. The summed E-state index contributed by atoms with van der Waals surface area (Å²) in [5, 5.41) is 3.88. The van der Waals surface area contributed by atoms with E-state index in [1.165, 1.54) is 0 Å². The van der Waals surface area contributed by atoms with Crippen molar-refractivity contribution in [3.05, 3.63) is 35.9 Å². The summed E-state index contributed by atoms with van der Waals surface area (Å²) < 4.78 is 0. The Morgan fingerprint density at radius 3 is 2.41 bits per heavy atom. The molecule has 0 saturated heterocycles. The van der Waals surface area contributed by atoms with Gasteiger partial charge in [-0.3, -0.25) is 0 Å². The van der Waals surface area contributed by atoms with Crippen LogP contribution in [-0.4, -0.2) is 11.7 Å². The summed E-state index contributed by atoms with van der Waals surface area (Å²) in [4.78, 5) is 16.7. The molecule has 3 heteroatoms. The van der Waals surface area contributed by atoms with Crippen LogP contribution < -0.4 is 0 Å². The fraction of sp³-hybridized carbons (Fsp3) is 0.429. The minimum atomic E-state index is -0.486. The van der Waals surface area contributed by atoms with Crippen molar-refractivity contribution in [2.75, 3.05) is 0 Å². The lowest BCUT2D eigenvalue weighted by Gasteiger charge is -2.17. The Kier molecular flexibility index (Phi) is 4.44. The predicted octanol–water partition coefficient (Wildman–Crippen LogP) is 3.39. The lowest BCUT2D eigenvalue weighted by molar-refractivity contribution is -0.154. The summed E-state index contributed by atoms with van der Waals surface area (Å²) in [5.74, 6) is -0.296. The summed E-state index contributed by atoms with van der Waals surface area (Å²) in [6.45, 7) is 7.47. The highest BCUT2D eigenvalue weighted by Gasteiger charge is 2.27. The highest BCUT2D eigenvalue weighted by molar-refractivity contribution is 5.98. The molecule has 92 valence electrons. The zero-order chi connectivity index (χ0) is 12.9. The molecule has 3 nitrogen and oxygen atoms in total. The fourth-order valence-electron chi connectivity index (χ4n) is 1.11. The largest absolute Gasteiger partial charge is 0.340 e. The van der Waals surface area contributed by atoms with Crippen LogP contribution in [0.1, 0.15) is 39.7 Å². The highest BCUT2D eigenvalue weighted by Crippen LogP contribution is 2.21.